The summed E-state index contributed by atoms with van der Waals surface area (Å²) in [6.07, 6.45) is 1.96. The lowest BCUT2D eigenvalue weighted by Gasteiger charge is -2.38. The monoisotopic (exact) mass is 225 g/mol. The summed E-state index contributed by atoms with van der Waals surface area (Å²) in [6, 6.07) is 8.06. The summed E-state index contributed by atoms with van der Waals surface area (Å²) < 4.78 is 5.40. The average molecular weight is 226 g/mol. The Morgan fingerprint density at radius 1 is 1.27 bits per heavy atom. The van der Waals surface area contributed by atoms with Crippen molar-refractivity contribution < 1.29 is 4.74 Å². The highest BCUT2D eigenvalue weighted by atomic mass is 35.5. The third-order valence-corrected chi connectivity index (χ3v) is 3.54. The van der Waals surface area contributed by atoms with E-state index >= 15 is 0 Å². The molecule has 1 aliphatic heterocycles. The van der Waals surface area contributed by atoms with Crippen molar-refractivity contribution in [1.82, 2.24) is 5.32 Å². The Kier molecular flexibility index (Phi) is 3.29. The first kappa shape index (κ1) is 10.9. The summed E-state index contributed by atoms with van der Waals surface area (Å²) in [7, 11) is 1.99. The predicted molar refractivity (Wildman–Crippen MR) is 62.2 cm³/mol. The van der Waals surface area contributed by atoms with Gasteiger partial charge in [-0.2, -0.15) is 0 Å². The summed E-state index contributed by atoms with van der Waals surface area (Å²) in [5.41, 5.74) is 1.19. The fourth-order valence-electron chi connectivity index (χ4n) is 2.22. The molecule has 1 aliphatic rings. The van der Waals surface area contributed by atoms with Crippen LogP contribution in [0, 0.1) is 0 Å². The third kappa shape index (κ3) is 2.03. The Balaban J connectivity index is 2.36. The first-order valence-electron chi connectivity index (χ1n) is 5.30. The standard InChI is InChI=1S/C12H16ClNO/c1-14-12(6-8-15-9-7-12)10-4-2-3-5-11(10)13/h2-5,14H,6-9H2,1H3. The summed E-state index contributed by atoms with van der Waals surface area (Å²) in [5.74, 6) is 0. The van der Waals surface area contributed by atoms with E-state index in [2.05, 4.69) is 11.4 Å². The van der Waals surface area contributed by atoms with E-state index in [0.29, 0.717) is 0 Å². The van der Waals surface area contributed by atoms with Gasteiger partial charge >= 0.3 is 0 Å². The van der Waals surface area contributed by atoms with Gasteiger partial charge in [0, 0.05) is 23.8 Å². The van der Waals surface area contributed by atoms with Gasteiger partial charge in [0.2, 0.25) is 0 Å². The Morgan fingerprint density at radius 2 is 1.93 bits per heavy atom. The quantitative estimate of drug-likeness (QED) is 0.836. The molecule has 2 rings (SSSR count). The SMILES string of the molecule is CNC1(c2ccccc2Cl)CCOCC1. The van der Waals surface area contributed by atoms with E-state index in [9.17, 15) is 0 Å². The average Bonchev–Trinajstić information content (AvgIpc) is 2.30. The number of halogens is 1. The van der Waals surface area contributed by atoms with Gasteiger partial charge in [-0.15, -0.1) is 0 Å². The van der Waals surface area contributed by atoms with E-state index in [1.807, 2.05) is 25.2 Å². The Hall–Kier alpha value is -0.570. The Morgan fingerprint density at radius 3 is 2.53 bits per heavy atom. The van der Waals surface area contributed by atoms with Gasteiger partial charge < -0.3 is 10.1 Å². The number of ether oxygens (including phenoxy) is 1. The molecule has 1 saturated heterocycles. The molecule has 0 aromatic heterocycles. The summed E-state index contributed by atoms with van der Waals surface area (Å²) in [4.78, 5) is 0. The molecule has 15 heavy (non-hydrogen) atoms. The molecule has 0 amide bonds. The first-order chi connectivity index (χ1) is 7.28. The molecule has 1 fully saturated rings. The van der Waals surface area contributed by atoms with Crippen LogP contribution in [0.2, 0.25) is 5.02 Å². The van der Waals surface area contributed by atoms with Crippen LogP contribution < -0.4 is 5.32 Å². The summed E-state index contributed by atoms with van der Waals surface area (Å²) >= 11 is 6.25. The molecule has 0 bridgehead atoms. The second-order valence-electron chi connectivity index (χ2n) is 3.92. The lowest BCUT2D eigenvalue weighted by atomic mass is 9.83. The fourth-order valence-corrected chi connectivity index (χ4v) is 2.54. The van der Waals surface area contributed by atoms with Crippen LogP contribution in [-0.4, -0.2) is 20.3 Å². The second-order valence-corrected chi connectivity index (χ2v) is 4.33. The molecule has 2 nitrogen and oxygen atoms in total. The maximum Gasteiger partial charge on any atom is 0.0491 e. The third-order valence-electron chi connectivity index (χ3n) is 3.21. The van der Waals surface area contributed by atoms with Crippen LogP contribution in [0.5, 0.6) is 0 Å². The van der Waals surface area contributed by atoms with Gasteiger partial charge in [-0.05, 0) is 31.5 Å². The molecule has 82 valence electrons. The van der Waals surface area contributed by atoms with Crippen molar-refractivity contribution in [2.75, 3.05) is 20.3 Å². The zero-order valence-corrected chi connectivity index (χ0v) is 9.68. The van der Waals surface area contributed by atoms with Crippen LogP contribution in [-0.2, 0) is 10.3 Å². The van der Waals surface area contributed by atoms with Gasteiger partial charge in [0.25, 0.3) is 0 Å². The van der Waals surface area contributed by atoms with Crippen molar-refractivity contribution in [3.8, 4) is 0 Å². The number of benzene rings is 1. The van der Waals surface area contributed by atoms with Crippen molar-refractivity contribution in [1.29, 1.82) is 0 Å². The largest absolute Gasteiger partial charge is 0.381 e. The van der Waals surface area contributed by atoms with Crippen LogP contribution in [0.4, 0.5) is 0 Å². The lowest BCUT2D eigenvalue weighted by Crippen LogP contribution is -2.44. The lowest BCUT2D eigenvalue weighted by molar-refractivity contribution is 0.0399. The predicted octanol–water partition coefficient (Wildman–Crippen LogP) is 2.57. The molecule has 0 radical (unpaired) electrons. The van der Waals surface area contributed by atoms with Crippen LogP contribution in [0.15, 0.2) is 24.3 Å². The number of hydrogen-bond acceptors (Lipinski definition) is 2. The van der Waals surface area contributed by atoms with Crippen molar-refractivity contribution in [3.63, 3.8) is 0 Å². The molecule has 0 saturated carbocycles. The number of hydrogen-bond donors (Lipinski definition) is 1. The Bertz CT molecular complexity index is 334. The molecule has 0 spiro atoms. The molecule has 0 aliphatic carbocycles. The maximum absolute atomic E-state index is 6.25. The minimum atomic E-state index is -0.00338. The van der Waals surface area contributed by atoms with Crippen molar-refractivity contribution in [3.05, 3.63) is 34.9 Å². The smallest absolute Gasteiger partial charge is 0.0491 e. The first-order valence-corrected chi connectivity index (χ1v) is 5.68. The van der Waals surface area contributed by atoms with Gasteiger partial charge in [-0.1, -0.05) is 29.8 Å². The van der Waals surface area contributed by atoms with E-state index in [0.717, 1.165) is 31.1 Å². The normalized spacial score (nSPS) is 20.1. The van der Waals surface area contributed by atoms with Gasteiger partial charge in [-0.25, -0.2) is 0 Å². The topological polar surface area (TPSA) is 21.3 Å². The minimum Gasteiger partial charge on any atom is -0.381 e. The molecule has 1 N–H and O–H groups in total. The van der Waals surface area contributed by atoms with Gasteiger partial charge in [0.15, 0.2) is 0 Å². The van der Waals surface area contributed by atoms with Crippen LogP contribution in [0.25, 0.3) is 0 Å². The number of nitrogens with one attached hydrogen (secondary N) is 1. The van der Waals surface area contributed by atoms with Crippen LogP contribution >= 0.6 is 11.6 Å². The van der Waals surface area contributed by atoms with E-state index < -0.39 is 0 Å². The highest BCUT2D eigenvalue weighted by Crippen LogP contribution is 2.35. The van der Waals surface area contributed by atoms with Crippen LogP contribution in [0.1, 0.15) is 18.4 Å². The Labute approximate surface area is 95.6 Å². The highest BCUT2D eigenvalue weighted by molar-refractivity contribution is 6.31. The molecular formula is C12H16ClNO. The van der Waals surface area contributed by atoms with E-state index in [4.69, 9.17) is 16.3 Å². The highest BCUT2D eigenvalue weighted by Gasteiger charge is 2.33. The maximum atomic E-state index is 6.25. The summed E-state index contributed by atoms with van der Waals surface area (Å²) in [5, 5.41) is 4.25. The van der Waals surface area contributed by atoms with Gasteiger partial charge in [0.1, 0.15) is 0 Å². The molecule has 0 atom stereocenters. The zero-order chi connectivity index (χ0) is 10.7. The summed E-state index contributed by atoms with van der Waals surface area (Å²) in [6.45, 7) is 1.60. The van der Waals surface area contributed by atoms with Crippen molar-refractivity contribution >= 4 is 11.6 Å². The molecule has 3 heteroatoms. The molecule has 0 unspecified atom stereocenters. The zero-order valence-electron chi connectivity index (χ0n) is 8.92. The molecule has 1 aromatic carbocycles. The number of rotatable bonds is 2. The van der Waals surface area contributed by atoms with Gasteiger partial charge in [0.05, 0.1) is 0 Å². The second kappa shape index (κ2) is 4.52. The van der Waals surface area contributed by atoms with E-state index in [-0.39, 0.29) is 5.54 Å². The van der Waals surface area contributed by atoms with E-state index in [1.54, 1.807) is 0 Å². The van der Waals surface area contributed by atoms with Crippen LogP contribution in [0.3, 0.4) is 0 Å². The van der Waals surface area contributed by atoms with Crippen molar-refractivity contribution in [2.24, 2.45) is 0 Å². The van der Waals surface area contributed by atoms with Crippen molar-refractivity contribution in [2.45, 2.75) is 18.4 Å². The molecule has 1 aromatic rings. The minimum absolute atomic E-state index is 0.00338. The fraction of sp³-hybridized carbons (Fsp3) is 0.500. The molecule has 1 heterocycles. The van der Waals surface area contributed by atoms with E-state index in [1.165, 1.54) is 5.56 Å². The molecular weight excluding hydrogens is 210 g/mol. The van der Waals surface area contributed by atoms with Gasteiger partial charge in [-0.3, -0.25) is 0 Å².